The highest BCUT2D eigenvalue weighted by Crippen LogP contribution is 2.36. The van der Waals surface area contributed by atoms with Crippen molar-refractivity contribution in [2.45, 2.75) is 25.3 Å². The number of rotatable bonds is 4. The van der Waals surface area contributed by atoms with Crippen molar-refractivity contribution in [1.82, 2.24) is 5.16 Å². The maximum atomic E-state index is 12.2. The van der Waals surface area contributed by atoms with Gasteiger partial charge in [0, 0.05) is 22.7 Å². The van der Waals surface area contributed by atoms with Gasteiger partial charge in [-0.15, -0.1) is 12.4 Å². The molecule has 1 aromatic heterocycles. The highest BCUT2D eigenvalue weighted by Gasteiger charge is 2.30. The molecule has 5 nitrogen and oxygen atoms in total. The third-order valence-corrected chi connectivity index (χ3v) is 5.11. The highest BCUT2D eigenvalue weighted by atomic mass is 79.9. The summed E-state index contributed by atoms with van der Waals surface area (Å²) in [6, 6.07) is 7.57. The predicted molar refractivity (Wildman–Crippen MR) is 102 cm³/mol. The molecular formula is C16H17BrClN3O2S. The molecule has 1 aliphatic heterocycles. The second-order valence-electron chi connectivity index (χ2n) is 5.65. The van der Waals surface area contributed by atoms with Gasteiger partial charge in [-0.3, -0.25) is 9.79 Å². The summed E-state index contributed by atoms with van der Waals surface area (Å²) in [5.74, 6) is 1.11. The summed E-state index contributed by atoms with van der Waals surface area (Å²) < 4.78 is 5.85. The molecule has 0 aliphatic carbocycles. The normalized spacial score (nSPS) is 20.2. The largest absolute Gasteiger partial charge is 0.379 e. The number of amidine groups is 1. The molecule has 128 valence electrons. The molecule has 0 saturated carbocycles. The minimum absolute atomic E-state index is 0. The van der Waals surface area contributed by atoms with Crippen LogP contribution < -0.4 is 5.73 Å². The van der Waals surface area contributed by atoms with Gasteiger partial charge in [0.15, 0.2) is 5.17 Å². The van der Waals surface area contributed by atoms with E-state index in [9.17, 15) is 4.79 Å². The zero-order valence-corrected chi connectivity index (χ0v) is 16.2. The maximum absolute atomic E-state index is 12.2. The number of carbonyl (C=O) groups excluding carboxylic acids is 1. The van der Waals surface area contributed by atoms with Gasteiger partial charge in [0.25, 0.3) is 0 Å². The molecule has 1 aliphatic rings. The molecule has 1 unspecified atom stereocenters. The summed E-state index contributed by atoms with van der Waals surface area (Å²) in [5, 5.41) is 4.18. The molecule has 1 aromatic carbocycles. The van der Waals surface area contributed by atoms with Gasteiger partial charge in [0.05, 0.1) is 11.7 Å². The quantitative estimate of drug-likeness (QED) is 0.743. The smallest absolute Gasteiger partial charge is 0.205 e. The van der Waals surface area contributed by atoms with E-state index in [1.54, 1.807) is 17.8 Å². The Labute approximate surface area is 159 Å². The first kappa shape index (κ1) is 19.0. The van der Waals surface area contributed by atoms with Gasteiger partial charge in [-0.25, -0.2) is 0 Å². The number of thioether (sulfide) groups is 1. The molecule has 0 bridgehead atoms. The third kappa shape index (κ3) is 4.20. The summed E-state index contributed by atoms with van der Waals surface area (Å²) in [6.07, 6.45) is 2.63. The SMILES string of the molecule is CC1(c2cc(Br)cc(CC(=O)c3ccno3)c2)CCSC(N)=N1.Cl. The molecule has 0 amide bonds. The number of hydrogen-bond acceptors (Lipinski definition) is 6. The molecule has 2 heterocycles. The molecule has 0 radical (unpaired) electrons. The van der Waals surface area contributed by atoms with Gasteiger partial charge >= 0.3 is 0 Å². The summed E-state index contributed by atoms with van der Waals surface area (Å²) in [7, 11) is 0. The van der Waals surface area contributed by atoms with Crippen LogP contribution in [0.1, 0.15) is 35.0 Å². The van der Waals surface area contributed by atoms with Crippen molar-refractivity contribution in [3.05, 3.63) is 51.8 Å². The number of benzene rings is 1. The van der Waals surface area contributed by atoms with Gasteiger partial charge in [-0.05, 0) is 36.6 Å². The lowest BCUT2D eigenvalue weighted by Gasteiger charge is -2.30. The molecule has 0 fully saturated rings. The second-order valence-corrected chi connectivity index (χ2v) is 7.68. The fourth-order valence-corrected chi connectivity index (χ4v) is 4.11. The molecule has 0 spiro atoms. The van der Waals surface area contributed by atoms with Crippen LogP contribution in [0.15, 0.2) is 44.5 Å². The lowest BCUT2D eigenvalue weighted by atomic mass is 9.88. The van der Waals surface area contributed by atoms with Crippen LogP contribution >= 0.6 is 40.1 Å². The summed E-state index contributed by atoms with van der Waals surface area (Å²) >= 11 is 5.10. The molecule has 1 atom stereocenters. The predicted octanol–water partition coefficient (Wildman–Crippen LogP) is 3.95. The van der Waals surface area contributed by atoms with E-state index in [-0.39, 0.29) is 35.9 Å². The Kier molecular flexibility index (Phi) is 6.11. The minimum Gasteiger partial charge on any atom is -0.379 e. The molecule has 24 heavy (non-hydrogen) atoms. The average molecular weight is 431 g/mol. The van der Waals surface area contributed by atoms with Crippen LogP contribution in [0.4, 0.5) is 0 Å². The number of Topliss-reactive ketones (excluding diaryl/α,β-unsaturated/α-hetero) is 1. The topological polar surface area (TPSA) is 81.5 Å². The Hall–Kier alpha value is -1.31. The molecule has 2 N–H and O–H groups in total. The zero-order valence-electron chi connectivity index (χ0n) is 13.0. The first-order chi connectivity index (χ1) is 11.0. The Morgan fingerprint density at radius 2 is 2.25 bits per heavy atom. The minimum atomic E-state index is -0.358. The van der Waals surface area contributed by atoms with E-state index in [2.05, 4.69) is 33.0 Å². The fourth-order valence-electron chi connectivity index (χ4n) is 2.59. The zero-order chi connectivity index (χ0) is 16.4. The first-order valence-corrected chi connectivity index (χ1v) is 8.96. The van der Waals surface area contributed by atoms with Crippen molar-refractivity contribution >= 4 is 51.0 Å². The average Bonchev–Trinajstić information content (AvgIpc) is 3.00. The van der Waals surface area contributed by atoms with E-state index >= 15 is 0 Å². The summed E-state index contributed by atoms with van der Waals surface area (Å²) in [5.41, 5.74) is 7.50. The summed E-state index contributed by atoms with van der Waals surface area (Å²) in [6.45, 7) is 2.07. The second kappa shape index (κ2) is 7.72. The lowest BCUT2D eigenvalue weighted by molar-refractivity contribution is 0.0957. The van der Waals surface area contributed by atoms with E-state index in [1.807, 2.05) is 18.2 Å². The number of nitrogens with two attached hydrogens (primary N) is 1. The monoisotopic (exact) mass is 429 g/mol. The van der Waals surface area contributed by atoms with Crippen molar-refractivity contribution in [2.75, 3.05) is 5.75 Å². The van der Waals surface area contributed by atoms with Crippen LogP contribution in [0, 0.1) is 0 Å². The Morgan fingerprint density at radius 3 is 2.92 bits per heavy atom. The highest BCUT2D eigenvalue weighted by molar-refractivity contribution is 9.10. The van der Waals surface area contributed by atoms with E-state index in [4.69, 9.17) is 10.3 Å². The standard InChI is InChI=1S/C16H16BrN3O2S.ClH/c1-16(3-5-23-15(18)20-16)11-6-10(7-12(17)9-11)8-13(21)14-2-4-19-22-14;/h2,4,6-7,9H,3,5,8H2,1H3,(H2,18,20);1H. The number of carbonyl (C=O) groups is 1. The van der Waals surface area contributed by atoms with Crippen molar-refractivity contribution in [1.29, 1.82) is 0 Å². The number of aliphatic imine (C=N–C) groups is 1. The number of aromatic nitrogens is 1. The number of halogens is 2. The number of nitrogens with zero attached hydrogens (tertiary/aromatic N) is 2. The first-order valence-electron chi connectivity index (χ1n) is 7.18. The van der Waals surface area contributed by atoms with Crippen LogP contribution in [0.3, 0.4) is 0 Å². The van der Waals surface area contributed by atoms with Crippen LogP contribution in [0.25, 0.3) is 0 Å². The van der Waals surface area contributed by atoms with Gasteiger partial charge in [0.2, 0.25) is 11.5 Å². The molecule has 8 heteroatoms. The van der Waals surface area contributed by atoms with Crippen LogP contribution in [-0.2, 0) is 12.0 Å². The maximum Gasteiger partial charge on any atom is 0.205 e. The van der Waals surface area contributed by atoms with Crippen molar-refractivity contribution in [3.63, 3.8) is 0 Å². The summed E-state index contributed by atoms with van der Waals surface area (Å²) in [4.78, 5) is 16.8. The van der Waals surface area contributed by atoms with Gasteiger partial charge in [-0.1, -0.05) is 38.9 Å². The van der Waals surface area contributed by atoms with Crippen LogP contribution in [0.5, 0.6) is 0 Å². The Balaban J connectivity index is 0.00000208. The van der Waals surface area contributed by atoms with E-state index in [0.29, 0.717) is 5.17 Å². The van der Waals surface area contributed by atoms with E-state index in [0.717, 1.165) is 27.8 Å². The fraction of sp³-hybridized carbons (Fsp3) is 0.312. The van der Waals surface area contributed by atoms with Crippen LogP contribution in [0.2, 0.25) is 0 Å². The van der Waals surface area contributed by atoms with E-state index in [1.165, 1.54) is 6.20 Å². The molecule has 2 aromatic rings. The number of hydrogen-bond donors (Lipinski definition) is 1. The molecular weight excluding hydrogens is 414 g/mol. The molecule has 0 saturated heterocycles. The van der Waals surface area contributed by atoms with Crippen molar-refractivity contribution < 1.29 is 9.32 Å². The van der Waals surface area contributed by atoms with Crippen molar-refractivity contribution in [3.8, 4) is 0 Å². The van der Waals surface area contributed by atoms with E-state index < -0.39 is 0 Å². The van der Waals surface area contributed by atoms with Gasteiger partial charge < -0.3 is 10.3 Å². The van der Waals surface area contributed by atoms with Crippen LogP contribution in [-0.4, -0.2) is 21.9 Å². The Bertz CT molecular complexity index is 767. The van der Waals surface area contributed by atoms with Crippen molar-refractivity contribution in [2.24, 2.45) is 10.7 Å². The number of ketones is 1. The lowest BCUT2D eigenvalue weighted by Crippen LogP contribution is -2.28. The third-order valence-electron chi connectivity index (χ3n) is 3.85. The molecule has 3 rings (SSSR count). The van der Waals surface area contributed by atoms with Gasteiger partial charge in [0.1, 0.15) is 0 Å². The van der Waals surface area contributed by atoms with Gasteiger partial charge in [-0.2, -0.15) is 0 Å². The Morgan fingerprint density at radius 1 is 1.46 bits per heavy atom.